The fourth-order valence-corrected chi connectivity index (χ4v) is 8.00. The van der Waals surface area contributed by atoms with Crippen molar-refractivity contribution < 1.29 is 36.0 Å². The van der Waals surface area contributed by atoms with E-state index in [1.807, 2.05) is 6.07 Å². The molecular formula is C36H29F3N24O5S4. The number of aryl methyl sites for hydroxylation is 1. The van der Waals surface area contributed by atoms with Crippen molar-refractivity contribution in [1.82, 2.24) is 68.4 Å². The Kier molecular flexibility index (Phi) is 15.8. The van der Waals surface area contributed by atoms with Gasteiger partial charge >= 0.3 is 6.18 Å². The van der Waals surface area contributed by atoms with Crippen molar-refractivity contribution in [2.45, 2.75) is 45.3 Å². The fourth-order valence-electron chi connectivity index (χ4n) is 5.66. The highest BCUT2D eigenvalue weighted by Crippen LogP contribution is 2.39. The number of nitrogens with zero attached hydrogens (tertiary/aromatic N) is 22. The van der Waals surface area contributed by atoms with E-state index in [0.29, 0.717) is 21.8 Å². The predicted octanol–water partition coefficient (Wildman–Crippen LogP) is 4.79. The smallest absolute Gasteiger partial charge is 0.364 e. The maximum Gasteiger partial charge on any atom is 0.435 e. The number of amides is 3. The molecule has 7 aromatic heterocycles. The number of imide groups is 1. The van der Waals surface area contributed by atoms with Crippen molar-refractivity contribution in [1.29, 1.82) is 10.5 Å². The molecule has 7 rings (SSSR count). The minimum atomic E-state index is -5.24. The molecule has 4 N–H and O–H groups in total. The van der Waals surface area contributed by atoms with E-state index in [-0.39, 0.29) is 57.3 Å². The molecule has 7 aromatic rings. The van der Waals surface area contributed by atoms with Crippen LogP contribution in [-0.2, 0) is 32.2 Å². The third-order valence-corrected chi connectivity index (χ3v) is 11.6. The largest absolute Gasteiger partial charge is 0.435 e. The van der Waals surface area contributed by atoms with E-state index in [2.05, 4.69) is 92.7 Å². The predicted molar refractivity (Wildman–Crippen MR) is 245 cm³/mol. The van der Waals surface area contributed by atoms with Gasteiger partial charge in [0.2, 0.25) is 55.8 Å². The summed E-state index contributed by atoms with van der Waals surface area (Å²) in [6.45, 7) is 12.8. The van der Waals surface area contributed by atoms with Crippen LogP contribution in [0.15, 0.2) is 68.8 Å². The molecule has 0 atom stereocenters. The van der Waals surface area contributed by atoms with Crippen LogP contribution in [-0.4, -0.2) is 101 Å². The van der Waals surface area contributed by atoms with Crippen molar-refractivity contribution in [2.75, 3.05) is 16.3 Å². The molecule has 0 unspecified atom stereocenters. The van der Waals surface area contributed by atoms with Gasteiger partial charge in [0.15, 0.2) is 11.4 Å². The van der Waals surface area contributed by atoms with E-state index >= 15 is 0 Å². The number of carbonyl (C=O) groups is 3. The molecule has 36 heteroatoms. The summed E-state index contributed by atoms with van der Waals surface area (Å²) in [5.74, 6) is -4.48. The molecule has 0 fully saturated rings. The Bertz CT molecular complexity index is 3490. The number of rotatable bonds is 15. The van der Waals surface area contributed by atoms with Gasteiger partial charge in [-0.2, -0.15) is 37.4 Å². The Morgan fingerprint density at radius 2 is 1.62 bits per heavy atom. The average Bonchev–Trinajstić information content (AvgIpc) is 4.18. The lowest BCUT2D eigenvalue weighted by Crippen LogP contribution is -2.36. The summed E-state index contributed by atoms with van der Waals surface area (Å²) in [6, 6.07) is 3.76. The minimum absolute atomic E-state index is 0.00465. The number of hydrogen-bond acceptors (Lipinski definition) is 27. The summed E-state index contributed by atoms with van der Waals surface area (Å²) in [7, 11) is -4.41. The highest BCUT2D eigenvalue weighted by Gasteiger charge is 2.40. The molecule has 29 nitrogen and oxygen atoms in total. The second kappa shape index (κ2) is 21.8. The Morgan fingerprint density at radius 3 is 2.17 bits per heavy atom. The third-order valence-electron chi connectivity index (χ3n) is 8.61. The van der Waals surface area contributed by atoms with E-state index in [1.165, 1.54) is 40.1 Å². The highest BCUT2D eigenvalue weighted by molar-refractivity contribution is 7.89. The molecule has 0 aliphatic rings. The van der Waals surface area contributed by atoms with Crippen molar-refractivity contribution in [3.8, 4) is 22.4 Å². The second-order valence-electron chi connectivity index (χ2n) is 13.6. The molecule has 0 saturated heterocycles. The van der Waals surface area contributed by atoms with Gasteiger partial charge in [0.25, 0.3) is 15.9 Å². The van der Waals surface area contributed by atoms with Crippen LogP contribution in [0.25, 0.3) is 10.3 Å². The molecule has 0 aromatic carbocycles. The van der Waals surface area contributed by atoms with E-state index in [1.54, 1.807) is 30.9 Å². The summed E-state index contributed by atoms with van der Waals surface area (Å²) >= 11 is 3.21. The maximum atomic E-state index is 13.8. The van der Waals surface area contributed by atoms with Crippen molar-refractivity contribution in [3.05, 3.63) is 83.1 Å². The zero-order valence-electron chi connectivity index (χ0n) is 37.0. The lowest BCUT2D eigenvalue weighted by Gasteiger charge is -2.19. The normalized spacial score (nSPS) is 11.5. The lowest BCUT2D eigenvalue weighted by atomic mass is 10.2. The number of alkyl halides is 3. The van der Waals surface area contributed by atoms with Crippen LogP contribution in [0.2, 0.25) is 0 Å². The first-order chi connectivity index (χ1) is 34.1. The van der Waals surface area contributed by atoms with Gasteiger partial charge in [-0.3, -0.25) is 19.3 Å². The average molecular weight is 1060 g/mol. The number of nitriles is 2. The zero-order chi connectivity index (χ0) is 52.7. The van der Waals surface area contributed by atoms with Gasteiger partial charge in [-0.15, -0.1) is 54.0 Å². The molecule has 7 heterocycles. The van der Waals surface area contributed by atoms with Gasteiger partial charge in [0.1, 0.15) is 52.3 Å². The number of azo groups is 2. The number of primary sulfonamides is 1. The van der Waals surface area contributed by atoms with Crippen LogP contribution in [0, 0.1) is 36.5 Å². The summed E-state index contributed by atoms with van der Waals surface area (Å²) < 4.78 is 77.0. The third kappa shape index (κ3) is 11.5. The molecule has 0 saturated carbocycles. The summed E-state index contributed by atoms with van der Waals surface area (Å²) in [4.78, 5) is 60.8. The van der Waals surface area contributed by atoms with E-state index in [9.17, 15) is 46.5 Å². The van der Waals surface area contributed by atoms with Crippen LogP contribution >= 0.6 is 34.4 Å². The van der Waals surface area contributed by atoms with Crippen LogP contribution < -0.4 is 20.7 Å². The standard InChI is InChI=1S/C20H19N13O2S3.C16H10F3N11O3S/c1-5-7-14-15(27-28-16-13(9-21)11(3)33(30-16)20-29-23-10-36-20)17(38(22,34)35)26-18(25-14)32(8-6-2)19-24-12(4)31-37-19;1-6(31)30(7(2)32)14-24-10(12(21)33)9(11(25-14)16(17,18)19)26-27-13-8(3-20)4-29(28-13)15-22-5-23-34-15/h5-6,10H,1-2,7-8H2,3-4H3,(H2,22,34,35);4-5H,1-2H3,(H2,21,33). The number of allylic oxidation sites excluding steroid dienone is 1. The lowest BCUT2D eigenvalue weighted by molar-refractivity contribution is -0.141. The summed E-state index contributed by atoms with van der Waals surface area (Å²) in [5, 5.41) is 56.0. The molecule has 368 valence electrons. The van der Waals surface area contributed by atoms with Gasteiger partial charge < -0.3 is 5.73 Å². The molecule has 0 bridgehead atoms. The summed E-state index contributed by atoms with van der Waals surface area (Å²) in [6.07, 6.45) is 0.365. The quantitative estimate of drug-likeness (QED) is 0.0791. The van der Waals surface area contributed by atoms with Gasteiger partial charge in [-0.1, -0.05) is 23.5 Å². The number of primary amides is 1. The van der Waals surface area contributed by atoms with Crippen molar-refractivity contribution in [2.24, 2.45) is 31.3 Å². The highest BCUT2D eigenvalue weighted by atomic mass is 32.2. The van der Waals surface area contributed by atoms with Crippen LogP contribution in [0.4, 0.5) is 53.2 Å². The second-order valence-corrected chi connectivity index (χ2v) is 17.3. The SMILES string of the molecule is C=CCc1nc(N(CC=C)c2nc(C)ns2)nc(S(N)(=O)=O)c1N=Nc1nn(-c2nncs2)c(C)c1C#N.CC(=O)N(C(C)=O)c1nc(C(N)=O)c(N=Nc2nn(-c3ncns3)cc2C#N)c(C(F)(F)F)n1. The Morgan fingerprint density at radius 1 is 0.917 bits per heavy atom. The molecule has 0 aliphatic carbocycles. The van der Waals surface area contributed by atoms with Crippen molar-refractivity contribution >= 4 is 102 Å². The first-order valence-electron chi connectivity index (χ1n) is 19.3. The van der Waals surface area contributed by atoms with Gasteiger partial charge in [-0.05, 0) is 13.8 Å². The Hall–Kier alpha value is -8.97. The van der Waals surface area contributed by atoms with E-state index < -0.39 is 67.8 Å². The number of carbonyl (C=O) groups excluding carboxylic acids is 3. The molecule has 0 radical (unpaired) electrons. The Balaban J connectivity index is 0.000000237. The van der Waals surface area contributed by atoms with Crippen LogP contribution in [0.5, 0.6) is 0 Å². The molecule has 3 amide bonds. The maximum absolute atomic E-state index is 13.8. The molecule has 72 heavy (non-hydrogen) atoms. The van der Waals surface area contributed by atoms with E-state index in [4.69, 9.17) is 10.9 Å². The number of halogens is 3. The van der Waals surface area contributed by atoms with Gasteiger partial charge in [0, 0.05) is 49.9 Å². The topological polar surface area (TPSA) is 405 Å². The van der Waals surface area contributed by atoms with Crippen LogP contribution in [0.3, 0.4) is 0 Å². The van der Waals surface area contributed by atoms with Gasteiger partial charge in [0.05, 0.1) is 17.6 Å². The number of anilines is 3. The number of hydrogen-bond donors (Lipinski definition) is 2. The fraction of sp³-hybridized carbons (Fsp3) is 0.194. The first-order valence-corrected chi connectivity index (χ1v) is 23.3. The number of sulfonamides is 1. The number of nitrogens with two attached hydrogens (primary N) is 2. The Labute approximate surface area is 413 Å². The molecular weight excluding hydrogens is 1030 g/mol. The van der Waals surface area contributed by atoms with E-state index in [0.717, 1.165) is 41.6 Å². The molecule has 0 spiro atoms. The molecule has 0 aliphatic heterocycles. The zero-order valence-corrected chi connectivity index (χ0v) is 40.3. The van der Waals surface area contributed by atoms with Crippen molar-refractivity contribution in [3.63, 3.8) is 0 Å². The monoisotopic (exact) mass is 1060 g/mol. The first kappa shape index (κ1) is 52.4. The summed E-state index contributed by atoms with van der Waals surface area (Å²) in [5.41, 5.74) is 2.95. The van der Waals surface area contributed by atoms with Gasteiger partial charge in [-0.25, -0.2) is 52.7 Å². The number of aromatic nitrogens is 14. The minimum Gasteiger partial charge on any atom is -0.364 e. The van der Waals surface area contributed by atoms with Crippen LogP contribution in [0.1, 0.15) is 58.4 Å².